The molecule has 1 atom stereocenters. The van der Waals surface area contributed by atoms with Crippen LogP contribution >= 0.6 is 0 Å². The van der Waals surface area contributed by atoms with E-state index >= 15 is 0 Å². The summed E-state index contributed by atoms with van der Waals surface area (Å²) in [5, 5.41) is 9.30. The highest BCUT2D eigenvalue weighted by molar-refractivity contribution is 5.78. The normalized spacial score (nSPS) is 12.1. The van der Waals surface area contributed by atoms with E-state index in [0.717, 1.165) is 19.3 Å². The lowest BCUT2D eigenvalue weighted by atomic mass is 9.97. The molecule has 0 saturated carbocycles. The van der Waals surface area contributed by atoms with Crippen LogP contribution in [0.25, 0.3) is 0 Å². The Kier molecular flexibility index (Phi) is 28.7. The molecular weight excluding hydrogens is 472 g/mol. The molecular formula is C34H62O4. The van der Waals surface area contributed by atoms with Gasteiger partial charge in [0.05, 0.1) is 12.3 Å². The lowest BCUT2D eigenvalue weighted by Crippen LogP contribution is -2.19. The van der Waals surface area contributed by atoms with E-state index in [4.69, 9.17) is 4.74 Å². The minimum absolute atomic E-state index is 0.0433. The Hall–Kier alpha value is -1.58. The van der Waals surface area contributed by atoms with Gasteiger partial charge in [0.1, 0.15) is 6.61 Å². The molecule has 0 aromatic heterocycles. The Bertz CT molecular complexity index is 569. The van der Waals surface area contributed by atoms with Gasteiger partial charge in [-0.25, -0.2) is 0 Å². The Morgan fingerprint density at radius 2 is 1.05 bits per heavy atom. The van der Waals surface area contributed by atoms with Gasteiger partial charge in [-0.1, -0.05) is 154 Å². The molecule has 0 saturated heterocycles. The maximum Gasteiger partial charge on any atom is 0.307 e. The number of hydrogen-bond acceptors (Lipinski definition) is 3. The first kappa shape index (κ1) is 36.4. The average Bonchev–Trinajstić information content (AvgIpc) is 2.91. The lowest BCUT2D eigenvalue weighted by molar-refractivity contribution is -0.151. The third-order valence-corrected chi connectivity index (χ3v) is 7.44. The number of hydrogen-bond donors (Lipinski definition) is 1. The average molecular weight is 535 g/mol. The van der Waals surface area contributed by atoms with Crippen LogP contribution in [0.1, 0.15) is 167 Å². The van der Waals surface area contributed by atoms with E-state index in [1.54, 1.807) is 0 Å². The number of aliphatic carboxylic acids is 1. The fraction of sp³-hybridized carbons (Fsp3) is 0.824. The SMILES string of the molecule is C=CCOC(=O)CC(CCCCCCCCCCCC/C=C/CCCCCCCCCCCCC)C(=O)O. The lowest BCUT2D eigenvalue weighted by Gasteiger charge is -2.11. The van der Waals surface area contributed by atoms with Gasteiger partial charge in [0.25, 0.3) is 0 Å². The Morgan fingerprint density at radius 1 is 0.658 bits per heavy atom. The number of unbranched alkanes of at least 4 members (excludes halogenated alkanes) is 21. The second kappa shape index (κ2) is 30.0. The zero-order chi connectivity index (χ0) is 27.9. The second-order valence-electron chi connectivity index (χ2n) is 11.1. The Labute approximate surface area is 236 Å². The van der Waals surface area contributed by atoms with Gasteiger partial charge >= 0.3 is 11.9 Å². The summed E-state index contributed by atoms with van der Waals surface area (Å²) in [5.74, 6) is -1.99. The van der Waals surface area contributed by atoms with Crippen LogP contribution in [0.15, 0.2) is 24.8 Å². The molecule has 222 valence electrons. The highest BCUT2D eigenvalue weighted by atomic mass is 16.5. The molecule has 0 aliphatic heterocycles. The maximum absolute atomic E-state index is 11.6. The van der Waals surface area contributed by atoms with E-state index in [1.165, 1.54) is 134 Å². The predicted molar refractivity (Wildman–Crippen MR) is 163 cm³/mol. The number of carbonyl (C=O) groups is 2. The van der Waals surface area contributed by atoms with Gasteiger partial charge in [0.2, 0.25) is 0 Å². The first-order valence-corrected chi connectivity index (χ1v) is 16.3. The summed E-state index contributed by atoms with van der Waals surface area (Å²) in [7, 11) is 0. The van der Waals surface area contributed by atoms with Crippen molar-refractivity contribution in [2.45, 2.75) is 167 Å². The molecule has 38 heavy (non-hydrogen) atoms. The van der Waals surface area contributed by atoms with Gasteiger partial charge in [-0.15, -0.1) is 0 Å². The summed E-state index contributed by atoms with van der Waals surface area (Å²) < 4.78 is 4.91. The summed E-state index contributed by atoms with van der Waals surface area (Å²) in [6.45, 7) is 5.92. The van der Waals surface area contributed by atoms with E-state index in [1.807, 2.05) is 0 Å². The van der Waals surface area contributed by atoms with Gasteiger partial charge < -0.3 is 9.84 Å². The number of rotatable bonds is 30. The van der Waals surface area contributed by atoms with Crippen LogP contribution in [0.4, 0.5) is 0 Å². The molecule has 0 heterocycles. The molecule has 0 aromatic rings. The molecule has 0 amide bonds. The van der Waals surface area contributed by atoms with Crippen molar-refractivity contribution in [3.63, 3.8) is 0 Å². The van der Waals surface area contributed by atoms with E-state index in [2.05, 4.69) is 25.7 Å². The zero-order valence-electron chi connectivity index (χ0n) is 25.1. The van der Waals surface area contributed by atoms with Crippen molar-refractivity contribution in [2.24, 2.45) is 5.92 Å². The number of allylic oxidation sites excluding steroid dienone is 2. The molecule has 0 rings (SSSR count). The van der Waals surface area contributed by atoms with Crippen LogP contribution < -0.4 is 0 Å². The molecule has 0 spiro atoms. The van der Waals surface area contributed by atoms with Crippen molar-refractivity contribution in [3.05, 3.63) is 24.8 Å². The topological polar surface area (TPSA) is 63.6 Å². The van der Waals surface area contributed by atoms with Crippen molar-refractivity contribution >= 4 is 11.9 Å². The standard InChI is InChI=1S/C34H62O4/c1-3-5-6-7-8-9-10-11-12-13-14-15-16-17-18-19-20-21-22-23-24-25-26-27-28-29-32(34(36)37)31-33(35)38-30-4-2/h4,16-17,32H,2-3,5-15,18-31H2,1H3,(H,36,37)/b17-16+. The van der Waals surface area contributed by atoms with Crippen LogP contribution in [0.5, 0.6) is 0 Å². The largest absolute Gasteiger partial charge is 0.481 e. The molecule has 1 unspecified atom stereocenters. The number of ether oxygens (including phenoxy) is 1. The van der Waals surface area contributed by atoms with Crippen LogP contribution in [0.3, 0.4) is 0 Å². The molecule has 0 aliphatic carbocycles. The summed E-state index contributed by atoms with van der Waals surface area (Å²) in [6.07, 6.45) is 37.1. The molecule has 0 aromatic carbocycles. The fourth-order valence-corrected chi connectivity index (χ4v) is 4.95. The minimum atomic E-state index is -0.902. The monoisotopic (exact) mass is 534 g/mol. The summed E-state index contributed by atoms with van der Waals surface area (Å²) >= 11 is 0. The highest BCUT2D eigenvalue weighted by Crippen LogP contribution is 2.18. The van der Waals surface area contributed by atoms with Gasteiger partial charge in [0.15, 0.2) is 0 Å². The molecule has 1 N–H and O–H groups in total. The van der Waals surface area contributed by atoms with E-state index in [0.29, 0.717) is 6.42 Å². The molecule has 0 bridgehead atoms. The van der Waals surface area contributed by atoms with Gasteiger partial charge in [-0.3, -0.25) is 9.59 Å². The van der Waals surface area contributed by atoms with E-state index < -0.39 is 17.9 Å². The number of carbonyl (C=O) groups excluding carboxylic acids is 1. The van der Waals surface area contributed by atoms with Gasteiger partial charge in [-0.05, 0) is 32.1 Å². The molecule has 0 fully saturated rings. The van der Waals surface area contributed by atoms with Gasteiger partial charge in [-0.2, -0.15) is 0 Å². The highest BCUT2D eigenvalue weighted by Gasteiger charge is 2.21. The Balaban J connectivity index is 3.35. The van der Waals surface area contributed by atoms with Crippen molar-refractivity contribution < 1.29 is 19.4 Å². The predicted octanol–water partition coefficient (Wildman–Crippen LogP) is 10.7. The minimum Gasteiger partial charge on any atom is -0.481 e. The van der Waals surface area contributed by atoms with Crippen LogP contribution in [-0.2, 0) is 14.3 Å². The van der Waals surface area contributed by atoms with E-state index in [-0.39, 0.29) is 13.0 Å². The van der Waals surface area contributed by atoms with Crippen molar-refractivity contribution in [1.29, 1.82) is 0 Å². The van der Waals surface area contributed by atoms with Crippen molar-refractivity contribution in [3.8, 4) is 0 Å². The fourth-order valence-electron chi connectivity index (χ4n) is 4.95. The quantitative estimate of drug-likeness (QED) is 0.0565. The third-order valence-electron chi connectivity index (χ3n) is 7.44. The Morgan fingerprint density at radius 3 is 1.45 bits per heavy atom. The van der Waals surface area contributed by atoms with Crippen LogP contribution in [0.2, 0.25) is 0 Å². The zero-order valence-corrected chi connectivity index (χ0v) is 25.1. The summed E-state index contributed by atoms with van der Waals surface area (Å²) in [5.41, 5.74) is 0. The van der Waals surface area contributed by atoms with E-state index in [9.17, 15) is 14.7 Å². The first-order valence-electron chi connectivity index (χ1n) is 16.3. The van der Waals surface area contributed by atoms with Crippen molar-refractivity contribution in [2.75, 3.05) is 6.61 Å². The number of carboxylic acids is 1. The maximum atomic E-state index is 11.6. The first-order chi connectivity index (χ1) is 18.6. The van der Waals surface area contributed by atoms with Crippen molar-refractivity contribution in [1.82, 2.24) is 0 Å². The third kappa shape index (κ3) is 27.5. The van der Waals surface area contributed by atoms with Crippen LogP contribution in [0, 0.1) is 5.92 Å². The molecule has 0 radical (unpaired) electrons. The number of esters is 1. The number of carboxylic acid groups (broad SMARTS) is 1. The second-order valence-corrected chi connectivity index (χ2v) is 11.1. The summed E-state index contributed by atoms with van der Waals surface area (Å²) in [6, 6.07) is 0. The molecule has 4 heteroatoms. The van der Waals surface area contributed by atoms with Gasteiger partial charge in [0, 0.05) is 0 Å². The molecule has 0 aliphatic rings. The summed E-state index contributed by atoms with van der Waals surface area (Å²) in [4.78, 5) is 23.0. The smallest absolute Gasteiger partial charge is 0.307 e. The van der Waals surface area contributed by atoms with Crippen LogP contribution in [-0.4, -0.2) is 23.7 Å². The molecule has 4 nitrogen and oxygen atoms in total.